The molecule has 0 fully saturated rings. The first-order chi connectivity index (χ1) is 26.2. The number of fused-ring (bicyclic) bond motifs is 1. The summed E-state index contributed by atoms with van der Waals surface area (Å²) >= 11 is 6.72. The van der Waals surface area contributed by atoms with Gasteiger partial charge in [-0.3, -0.25) is 29.6 Å². The van der Waals surface area contributed by atoms with Gasteiger partial charge in [0.1, 0.15) is 24.7 Å². The van der Waals surface area contributed by atoms with Crippen molar-refractivity contribution in [3.05, 3.63) is 169 Å². The van der Waals surface area contributed by atoms with Gasteiger partial charge in [-0.1, -0.05) is 35.1 Å². The number of carbonyl (C=O) groups excluding carboxylic acids is 1. The average Bonchev–Trinajstić information content (AvgIpc) is 3.47. The molecule has 0 spiro atoms. The summed E-state index contributed by atoms with van der Waals surface area (Å²) in [5, 5.41) is 22.4. The van der Waals surface area contributed by atoms with Crippen molar-refractivity contribution < 1.29 is 42.0 Å². The van der Waals surface area contributed by atoms with Gasteiger partial charge in [-0.15, -0.1) is 0 Å². The van der Waals surface area contributed by atoms with E-state index in [0.29, 0.717) is 33.8 Å². The average molecular weight is 795 g/mol. The summed E-state index contributed by atoms with van der Waals surface area (Å²) in [6.45, 7) is 1.14. The second-order valence-electron chi connectivity index (χ2n) is 11.7. The van der Waals surface area contributed by atoms with Crippen LogP contribution in [0.4, 0.5) is 24.5 Å². The van der Waals surface area contributed by atoms with E-state index >= 15 is 0 Å². The van der Waals surface area contributed by atoms with Crippen molar-refractivity contribution in [3.63, 3.8) is 0 Å². The van der Waals surface area contributed by atoms with Crippen LogP contribution in [0.25, 0.3) is 6.08 Å². The Kier molecular flexibility index (Phi) is 11.1. The molecule has 0 aliphatic carbocycles. The maximum atomic E-state index is 14.5. The first-order valence-corrected chi connectivity index (χ1v) is 17.3. The van der Waals surface area contributed by atoms with Gasteiger partial charge in [-0.25, -0.2) is 9.79 Å². The third kappa shape index (κ3) is 8.58. The topological polar surface area (TPSA) is 165 Å². The zero-order chi connectivity index (χ0) is 39.4. The molecule has 0 amide bonds. The quantitative estimate of drug-likeness (QED) is 0.0737. The van der Waals surface area contributed by atoms with E-state index in [4.69, 9.17) is 25.8 Å². The Labute approximate surface area is 317 Å². The van der Waals surface area contributed by atoms with Gasteiger partial charge in [-0.05, 0) is 78.2 Å². The van der Waals surface area contributed by atoms with Crippen LogP contribution in [0.3, 0.4) is 0 Å². The minimum Gasteiger partial charge on any atom is -0.489 e. The number of ether oxygens (including phenoxy) is 3. The summed E-state index contributed by atoms with van der Waals surface area (Å²) in [4.78, 5) is 51.8. The maximum absolute atomic E-state index is 14.5. The van der Waals surface area contributed by atoms with Crippen molar-refractivity contribution in [1.29, 1.82) is 0 Å². The van der Waals surface area contributed by atoms with Gasteiger partial charge in [-0.2, -0.15) is 13.2 Å². The minimum absolute atomic E-state index is 0.0206. The molecular weight excluding hydrogens is 769 g/mol. The Morgan fingerprint density at radius 3 is 2.04 bits per heavy atom. The number of rotatable bonds is 12. The molecule has 13 nitrogen and oxygen atoms in total. The number of benzene rings is 4. The summed E-state index contributed by atoms with van der Waals surface area (Å²) in [6.07, 6.45) is -3.69. The molecule has 0 unspecified atom stereocenters. The van der Waals surface area contributed by atoms with Crippen LogP contribution in [-0.2, 0) is 22.7 Å². The summed E-state index contributed by atoms with van der Waals surface area (Å²) in [7, 11) is 0. The number of hydrogen-bond donors (Lipinski definition) is 0. The van der Waals surface area contributed by atoms with Crippen molar-refractivity contribution in [2.75, 3.05) is 6.61 Å². The van der Waals surface area contributed by atoms with E-state index in [9.17, 15) is 43.0 Å². The molecule has 1 aliphatic rings. The highest BCUT2D eigenvalue weighted by Gasteiger charge is 2.45. The van der Waals surface area contributed by atoms with Crippen LogP contribution in [0.5, 0.6) is 11.5 Å². The van der Waals surface area contributed by atoms with Gasteiger partial charge >= 0.3 is 12.1 Å². The SMILES string of the molecule is CCOC(=O)C1=C(C(F)(F)F)N=c2s/c(=C/c3ccc(OCc4ccc([N+](=O)[O-])cc4)cc3OCc3ccc([N+](=O)[O-])cc3)c(=O)n2[C@@H]1c1ccc(Cl)cc1. The normalized spacial score (nSPS) is 14.2. The van der Waals surface area contributed by atoms with Crippen molar-refractivity contribution in [2.24, 2.45) is 4.99 Å². The highest BCUT2D eigenvalue weighted by atomic mass is 35.5. The molecular formula is C37H26ClF3N4O9S. The first-order valence-electron chi connectivity index (χ1n) is 16.2. The minimum atomic E-state index is -5.09. The highest BCUT2D eigenvalue weighted by molar-refractivity contribution is 7.07. The molecule has 55 heavy (non-hydrogen) atoms. The molecule has 0 N–H and O–H groups in total. The Balaban J connectivity index is 1.44. The zero-order valence-corrected chi connectivity index (χ0v) is 29.9. The highest BCUT2D eigenvalue weighted by Crippen LogP contribution is 2.38. The van der Waals surface area contributed by atoms with Crippen LogP contribution >= 0.6 is 22.9 Å². The Morgan fingerprint density at radius 2 is 1.49 bits per heavy atom. The number of nitrogens with zero attached hydrogens (tertiary/aromatic N) is 4. The number of nitro benzene ring substituents is 2. The second-order valence-corrected chi connectivity index (χ2v) is 13.2. The van der Waals surface area contributed by atoms with Crippen molar-refractivity contribution in [1.82, 2.24) is 4.57 Å². The van der Waals surface area contributed by atoms with Crippen LogP contribution in [0.1, 0.15) is 35.2 Å². The predicted octanol–water partition coefficient (Wildman–Crippen LogP) is 6.97. The zero-order valence-electron chi connectivity index (χ0n) is 28.3. The third-order valence-corrected chi connectivity index (χ3v) is 9.38. The molecule has 1 aromatic heterocycles. The van der Waals surface area contributed by atoms with Crippen LogP contribution in [0.2, 0.25) is 5.02 Å². The molecule has 0 saturated heterocycles. The number of non-ortho nitro benzene ring substituents is 2. The summed E-state index contributed by atoms with van der Waals surface area (Å²) in [5.74, 6) is -0.825. The molecule has 4 aromatic carbocycles. The molecule has 5 aromatic rings. The van der Waals surface area contributed by atoms with Crippen molar-refractivity contribution >= 4 is 46.4 Å². The van der Waals surface area contributed by atoms with Crippen LogP contribution in [-0.4, -0.2) is 33.2 Å². The van der Waals surface area contributed by atoms with Crippen LogP contribution in [0, 0.1) is 20.2 Å². The Morgan fingerprint density at radius 1 is 0.909 bits per heavy atom. The van der Waals surface area contributed by atoms with E-state index in [2.05, 4.69) is 4.99 Å². The predicted molar refractivity (Wildman–Crippen MR) is 194 cm³/mol. The fourth-order valence-electron chi connectivity index (χ4n) is 5.55. The molecule has 1 aliphatic heterocycles. The molecule has 18 heteroatoms. The smallest absolute Gasteiger partial charge is 0.434 e. The van der Waals surface area contributed by atoms with Gasteiger partial charge in [0.2, 0.25) is 0 Å². The van der Waals surface area contributed by atoms with E-state index in [1.54, 1.807) is 12.1 Å². The number of aromatic nitrogens is 1. The number of hydrogen-bond acceptors (Lipinski definition) is 11. The number of alkyl halides is 3. The second kappa shape index (κ2) is 16.0. The van der Waals surface area contributed by atoms with E-state index in [0.717, 1.165) is 4.57 Å². The molecule has 282 valence electrons. The van der Waals surface area contributed by atoms with Gasteiger partial charge in [0, 0.05) is 40.9 Å². The van der Waals surface area contributed by atoms with E-state index in [-0.39, 0.29) is 56.9 Å². The summed E-state index contributed by atoms with van der Waals surface area (Å²) in [5.41, 5.74) is -1.70. The number of allylic oxidation sites excluding steroid dienone is 1. The fourth-order valence-corrected chi connectivity index (χ4v) is 6.66. The van der Waals surface area contributed by atoms with Gasteiger partial charge in [0.05, 0.1) is 32.6 Å². The monoisotopic (exact) mass is 794 g/mol. The fraction of sp³-hybridized carbons (Fsp3) is 0.162. The summed E-state index contributed by atoms with van der Waals surface area (Å²) in [6, 6.07) is 20.1. The number of thiazole rings is 1. The molecule has 0 saturated carbocycles. The lowest BCUT2D eigenvalue weighted by atomic mass is 9.95. The molecule has 0 bridgehead atoms. The van der Waals surface area contributed by atoms with Crippen molar-refractivity contribution in [3.8, 4) is 11.5 Å². The van der Waals surface area contributed by atoms with Gasteiger partial charge < -0.3 is 14.2 Å². The van der Waals surface area contributed by atoms with Crippen molar-refractivity contribution in [2.45, 2.75) is 32.4 Å². The maximum Gasteiger partial charge on any atom is 0.434 e. The number of carbonyl (C=O) groups is 1. The number of esters is 1. The lowest BCUT2D eigenvalue weighted by Crippen LogP contribution is -2.41. The molecule has 6 rings (SSSR count). The van der Waals surface area contributed by atoms with E-state index in [1.807, 2.05) is 0 Å². The van der Waals surface area contributed by atoms with Gasteiger partial charge in [0.25, 0.3) is 16.9 Å². The third-order valence-electron chi connectivity index (χ3n) is 8.15. The largest absolute Gasteiger partial charge is 0.489 e. The molecule has 1 atom stereocenters. The molecule has 0 radical (unpaired) electrons. The number of halogens is 4. The van der Waals surface area contributed by atoms with Crippen LogP contribution < -0.4 is 24.4 Å². The Hall–Kier alpha value is -6.33. The standard InChI is InChI=1S/C37H26ClF3N4O9S/c1-2-52-35(47)31-32(23-7-10-25(38)11-8-23)43-34(46)30(55-36(43)42-33(31)37(39,40)41)17-24-9-16-28(53-19-21-3-12-26(13-4-21)44(48)49)18-29(24)54-20-22-5-14-27(15-6-22)45(50)51/h3-18,32H,2,19-20H2,1H3/b30-17+/t32-/m1/s1. The van der Waals surface area contributed by atoms with Crippen LogP contribution in [0.15, 0.2) is 112 Å². The van der Waals surface area contributed by atoms with Gasteiger partial charge in [0.15, 0.2) is 10.5 Å². The van der Waals surface area contributed by atoms with E-state index < -0.39 is 44.9 Å². The lowest BCUT2D eigenvalue weighted by Gasteiger charge is -2.26. The Bertz CT molecular complexity index is 2500. The first kappa shape index (κ1) is 38.4. The lowest BCUT2D eigenvalue weighted by molar-refractivity contribution is -0.385. The summed E-state index contributed by atoms with van der Waals surface area (Å²) < 4.78 is 61.6. The van der Waals surface area contributed by atoms with E-state index in [1.165, 1.54) is 91.9 Å². The number of nitro groups is 2. The molecule has 2 heterocycles.